The zero-order valence-electron chi connectivity index (χ0n) is 66.9. The van der Waals surface area contributed by atoms with Crippen molar-refractivity contribution in [1.82, 2.24) is 0 Å². The van der Waals surface area contributed by atoms with Gasteiger partial charge in [0, 0.05) is 12.8 Å². The number of ether oxygens (including phenoxy) is 4. The van der Waals surface area contributed by atoms with Gasteiger partial charge in [-0.15, -0.1) is 0 Å². The largest absolute Gasteiger partial charge is 0.545 e. The molecule has 2 unspecified atom stereocenters. The van der Waals surface area contributed by atoms with Crippen LogP contribution in [0.5, 0.6) is 0 Å². The maximum absolute atomic E-state index is 13.0. The van der Waals surface area contributed by atoms with Crippen molar-refractivity contribution < 1.29 is 42.9 Å². The van der Waals surface area contributed by atoms with Gasteiger partial charge in [0.25, 0.3) is 0 Å². The fraction of sp³-hybridized carbons (Fsp3) is 0.649. The summed E-state index contributed by atoms with van der Waals surface area (Å²) in [6.45, 7) is 4.52. The number of carbonyl (C=O) groups is 3. The fourth-order valence-electron chi connectivity index (χ4n) is 11.4. The number of nitrogens with zero attached hydrogens (tertiary/aromatic N) is 1. The minimum Gasteiger partial charge on any atom is -0.545 e. The third-order valence-corrected chi connectivity index (χ3v) is 17.6. The maximum atomic E-state index is 13.0. The number of carbonyl (C=O) groups excluding carboxylic acids is 3. The number of allylic oxidation sites excluding steroid dienone is 30. The van der Waals surface area contributed by atoms with Gasteiger partial charge in [-0.25, -0.2) is 0 Å². The Balaban J connectivity index is 4.06. The van der Waals surface area contributed by atoms with Gasteiger partial charge in [0.15, 0.2) is 12.4 Å². The van der Waals surface area contributed by atoms with Crippen molar-refractivity contribution >= 4 is 17.9 Å². The average molecular weight is 1430 g/mol. The smallest absolute Gasteiger partial charge is 0.306 e. The Labute approximate surface area is 634 Å². The Morgan fingerprint density at radius 3 is 0.777 bits per heavy atom. The van der Waals surface area contributed by atoms with Crippen LogP contribution in [0.1, 0.15) is 335 Å². The lowest BCUT2D eigenvalue weighted by Gasteiger charge is -2.26. The van der Waals surface area contributed by atoms with Crippen molar-refractivity contribution in [3.05, 3.63) is 182 Å². The highest BCUT2D eigenvalue weighted by atomic mass is 16.7. The summed E-state index contributed by atoms with van der Waals surface area (Å²) in [5.41, 5.74) is 0. The Morgan fingerprint density at radius 2 is 0.524 bits per heavy atom. The second-order valence-electron chi connectivity index (χ2n) is 28.7. The first-order chi connectivity index (χ1) is 50.6. The van der Waals surface area contributed by atoms with Gasteiger partial charge in [-0.3, -0.25) is 9.59 Å². The molecular weight excluding hydrogens is 1270 g/mol. The fourth-order valence-corrected chi connectivity index (χ4v) is 11.4. The molecule has 0 saturated heterocycles. The van der Waals surface area contributed by atoms with Crippen molar-refractivity contribution in [3.63, 3.8) is 0 Å². The number of carboxylic acids is 1. The molecule has 0 heterocycles. The molecule has 0 amide bonds. The van der Waals surface area contributed by atoms with Gasteiger partial charge in [-0.05, 0) is 135 Å². The molecule has 0 aromatic carbocycles. The van der Waals surface area contributed by atoms with E-state index in [0.717, 1.165) is 141 Å². The predicted molar refractivity (Wildman–Crippen MR) is 444 cm³/mol. The molecule has 9 nitrogen and oxygen atoms in total. The number of hydrogen-bond donors (Lipinski definition) is 0. The Hall–Kier alpha value is -5.61. The van der Waals surface area contributed by atoms with E-state index >= 15 is 0 Å². The summed E-state index contributed by atoms with van der Waals surface area (Å²) in [6.07, 6.45) is 122. The van der Waals surface area contributed by atoms with Crippen LogP contribution in [-0.4, -0.2) is 82.3 Å². The molecule has 9 heteroatoms. The van der Waals surface area contributed by atoms with Crippen LogP contribution in [0.25, 0.3) is 0 Å². The van der Waals surface area contributed by atoms with Gasteiger partial charge in [0.2, 0.25) is 0 Å². The Bertz CT molecular complexity index is 2360. The van der Waals surface area contributed by atoms with Crippen molar-refractivity contribution in [1.29, 1.82) is 0 Å². The van der Waals surface area contributed by atoms with Crippen molar-refractivity contribution in [2.45, 2.75) is 347 Å². The normalized spacial score (nSPS) is 13.6. The van der Waals surface area contributed by atoms with Crippen LogP contribution >= 0.6 is 0 Å². The molecule has 0 aromatic rings. The topological polar surface area (TPSA) is 111 Å². The zero-order chi connectivity index (χ0) is 74.6. The molecule has 0 radical (unpaired) electrons. The zero-order valence-corrected chi connectivity index (χ0v) is 66.9. The lowest BCUT2D eigenvalue weighted by atomic mass is 10.0. The van der Waals surface area contributed by atoms with Gasteiger partial charge < -0.3 is 33.3 Å². The third-order valence-electron chi connectivity index (χ3n) is 17.6. The molecule has 0 aliphatic carbocycles. The first-order valence-corrected chi connectivity index (χ1v) is 41.9. The lowest BCUT2D eigenvalue weighted by Crippen LogP contribution is -2.44. The number of quaternary nitrogens is 1. The van der Waals surface area contributed by atoms with E-state index in [2.05, 4.69) is 196 Å². The first kappa shape index (κ1) is 97.4. The quantitative estimate of drug-likeness (QED) is 0.0195. The summed E-state index contributed by atoms with van der Waals surface area (Å²) < 4.78 is 22.9. The monoisotopic (exact) mass is 1430 g/mol. The second-order valence-corrected chi connectivity index (χ2v) is 28.7. The summed E-state index contributed by atoms with van der Waals surface area (Å²) in [5.74, 6) is -2.29. The lowest BCUT2D eigenvalue weighted by molar-refractivity contribution is -0.870. The van der Waals surface area contributed by atoms with E-state index in [1.165, 1.54) is 161 Å². The first-order valence-electron chi connectivity index (χ1n) is 41.9. The summed E-state index contributed by atoms with van der Waals surface area (Å²) in [5, 5.41) is 11.9. The molecule has 0 aromatic heterocycles. The molecule has 584 valence electrons. The molecule has 0 fully saturated rings. The van der Waals surface area contributed by atoms with E-state index in [1.54, 1.807) is 0 Å². The molecule has 0 aliphatic heterocycles. The van der Waals surface area contributed by atoms with Gasteiger partial charge >= 0.3 is 11.9 Å². The number of hydrogen-bond acceptors (Lipinski definition) is 8. The van der Waals surface area contributed by atoms with Crippen LogP contribution < -0.4 is 5.11 Å². The molecule has 2 atom stereocenters. The number of unbranched alkanes of at least 4 members (excludes halogenated alkanes) is 31. The standard InChI is InChI=1S/C94H155NO8/c1-6-8-10-12-14-16-18-20-22-24-26-28-30-32-34-36-38-40-42-44-46-48-50-52-54-56-58-60-62-64-66-68-70-72-74-76-78-80-82-84-91(96)101-88-90(89-102-94(93(98)99)100-87-86-95(3,4)5)103-92(97)85-83-81-79-77-75-73-71-69-67-65-63-61-59-57-55-53-51-49-47-45-43-41-39-37-35-33-31-29-27-25-23-21-19-17-15-13-11-9-7-2/h8-11,14-17,20-23,26-29,32-35,39,41,45,47,51,53,57,59,63,65,90,94H,6-7,12-13,18-19,24-25,30-31,36-38,40,42-44,46,48-50,52,54-56,58,60-62,64,66-89H2,1-5H3/b10-8-,11-9-,16-14-,17-15-,22-20-,23-21-,28-26-,29-27-,34-32-,35-33-,41-39-,47-45-,53-51-,59-57-,65-63-. The second kappa shape index (κ2) is 82.1. The third kappa shape index (κ3) is 83.5. The minimum absolute atomic E-state index is 0.139. The van der Waals surface area contributed by atoms with E-state index < -0.39 is 24.3 Å². The van der Waals surface area contributed by atoms with Gasteiger partial charge in [0.1, 0.15) is 13.2 Å². The number of carboxylic acid groups (broad SMARTS) is 1. The number of likely N-dealkylation sites (N-methyl/N-ethyl adjacent to an activating group) is 1. The SMILES string of the molecule is CC/C=C\C/C=C\C/C=C\C/C=C\C/C=C\C/C=C\C/C=C\C/C=C\C/C=C\C/C=C\CCCCCCCCCCC(=O)OC(COC(=O)CCCCCCCCCCCCCCCCCCCCCCCCC/C=C\C/C=C\C/C=C\C/C=C\C/C=C\CC)COC(OCC[N+](C)(C)C)C(=O)[O-]. The van der Waals surface area contributed by atoms with E-state index in [9.17, 15) is 19.5 Å². The van der Waals surface area contributed by atoms with E-state index in [0.29, 0.717) is 17.4 Å². The molecule has 0 aliphatic rings. The highest BCUT2D eigenvalue weighted by Gasteiger charge is 2.22. The van der Waals surface area contributed by atoms with E-state index in [4.69, 9.17) is 18.9 Å². The van der Waals surface area contributed by atoms with Crippen LogP contribution in [0, 0.1) is 0 Å². The molecule has 103 heavy (non-hydrogen) atoms. The van der Waals surface area contributed by atoms with Crippen molar-refractivity contribution in [2.24, 2.45) is 0 Å². The number of aliphatic carboxylic acids is 1. The predicted octanol–water partition coefficient (Wildman–Crippen LogP) is 26.1. The number of rotatable bonds is 76. The maximum Gasteiger partial charge on any atom is 0.306 e. The van der Waals surface area contributed by atoms with Crippen LogP contribution in [0.15, 0.2) is 182 Å². The van der Waals surface area contributed by atoms with Gasteiger partial charge in [0.05, 0.1) is 40.3 Å². The molecule has 0 N–H and O–H groups in total. The van der Waals surface area contributed by atoms with Crippen LogP contribution in [0.2, 0.25) is 0 Å². The Morgan fingerprint density at radius 1 is 0.291 bits per heavy atom. The molecular formula is C94H155NO8. The minimum atomic E-state index is -1.63. The molecule has 0 saturated carbocycles. The van der Waals surface area contributed by atoms with E-state index in [1.807, 2.05) is 21.1 Å². The Kier molecular flexibility index (Phi) is 77.6. The highest BCUT2D eigenvalue weighted by molar-refractivity contribution is 5.70. The summed E-state index contributed by atoms with van der Waals surface area (Å²) >= 11 is 0. The van der Waals surface area contributed by atoms with Crippen molar-refractivity contribution in [3.8, 4) is 0 Å². The molecule has 0 spiro atoms. The summed E-state index contributed by atoms with van der Waals surface area (Å²) in [7, 11) is 5.93. The van der Waals surface area contributed by atoms with Crippen LogP contribution in [-0.2, 0) is 33.3 Å². The van der Waals surface area contributed by atoms with E-state index in [-0.39, 0.29) is 38.6 Å². The molecule has 0 rings (SSSR count). The summed E-state index contributed by atoms with van der Waals surface area (Å²) in [6, 6.07) is 0. The average Bonchev–Trinajstić information content (AvgIpc) is 0.985. The van der Waals surface area contributed by atoms with Gasteiger partial charge in [-0.2, -0.15) is 0 Å². The van der Waals surface area contributed by atoms with Crippen LogP contribution in [0.3, 0.4) is 0 Å². The van der Waals surface area contributed by atoms with Gasteiger partial charge in [-0.1, -0.05) is 369 Å². The molecule has 0 bridgehead atoms. The summed E-state index contributed by atoms with van der Waals surface area (Å²) in [4.78, 5) is 37.7. The van der Waals surface area contributed by atoms with Crippen LogP contribution in [0.4, 0.5) is 0 Å². The van der Waals surface area contributed by atoms with Crippen molar-refractivity contribution in [2.75, 3.05) is 47.5 Å². The highest BCUT2D eigenvalue weighted by Crippen LogP contribution is 2.18. The number of esters is 2.